The molecule has 1 unspecified atom stereocenters. The van der Waals surface area contributed by atoms with Gasteiger partial charge in [-0.15, -0.1) is 0 Å². The summed E-state index contributed by atoms with van der Waals surface area (Å²) in [5.41, 5.74) is 0.981. The van der Waals surface area contributed by atoms with E-state index in [1.54, 1.807) is 10.9 Å². The number of nitrogens with zero attached hydrogens (tertiary/aromatic N) is 2. The summed E-state index contributed by atoms with van der Waals surface area (Å²) in [6.45, 7) is 2.03. The van der Waals surface area contributed by atoms with E-state index in [0.29, 0.717) is 0 Å². The minimum Gasteiger partial charge on any atom is -0.353 e. The van der Waals surface area contributed by atoms with Gasteiger partial charge in [0.25, 0.3) is 0 Å². The molecule has 140 valence electrons. The van der Waals surface area contributed by atoms with Crippen LogP contribution in [0.5, 0.6) is 0 Å². The highest BCUT2D eigenvalue weighted by Gasteiger charge is 2.18. The fraction of sp³-hybridized carbons (Fsp3) is 0.737. The maximum Gasteiger partial charge on any atom is 0.221 e. The lowest BCUT2D eigenvalue weighted by Crippen LogP contribution is -2.36. The van der Waals surface area contributed by atoms with Gasteiger partial charge in [-0.1, -0.05) is 39.0 Å². The quantitative estimate of drug-likeness (QED) is 0.795. The molecular weight excluding hydrogens is 316 g/mol. The molecule has 1 aromatic heterocycles. The molecule has 6 nitrogen and oxygen atoms in total. The maximum atomic E-state index is 12.2. The second-order valence-electron chi connectivity index (χ2n) is 7.02. The molecule has 1 heterocycles. The zero-order valence-corrected chi connectivity index (χ0v) is 15.6. The highest BCUT2D eigenvalue weighted by molar-refractivity contribution is 5.84. The predicted molar refractivity (Wildman–Crippen MR) is 97.9 cm³/mol. The highest BCUT2D eigenvalue weighted by Crippen LogP contribution is 2.18. The van der Waals surface area contributed by atoms with Crippen LogP contribution in [0.25, 0.3) is 0 Å². The molecule has 1 saturated carbocycles. The minimum atomic E-state index is -0.0825. The van der Waals surface area contributed by atoms with Crippen LogP contribution >= 0.6 is 0 Å². The number of hydrogen-bond acceptors (Lipinski definition) is 3. The Morgan fingerprint density at radius 2 is 1.80 bits per heavy atom. The van der Waals surface area contributed by atoms with Crippen molar-refractivity contribution in [1.82, 2.24) is 20.4 Å². The van der Waals surface area contributed by atoms with Crippen LogP contribution in [-0.4, -0.2) is 27.6 Å². The van der Waals surface area contributed by atoms with Crippen LogP contribution in [0.3, 0.4) is 0 Å². The first-order chi connectivity index (χ1) is 12.1. The first-order valence-corrected chi connectivity index (χ1v) is 9.66. The lowest BCUT2D eigenvalue weighted by molar-refractivity contribution is -0.127. The first-order valence-electron chi connectivity index (χ1n) is 9.66. The molecule has 0 aromatic carbocycles. The Balaban J connectivity index is 1.73. The van der Waals surface area contributed by atoms with Crippen molar-refractivity contribution >= 4 is 11.8 Å². The smallest absolute Gasteiger partial charge is 0.221 e. The van der Waals surface area contributed by atoms with Crippen LogP contribution in [0.2, 0.25) is 0 Å². The molecule has 0 bridgehead atoms. The van der Waals surface area contributed by atoms with Crippen molar-refractivity contribution in [3.63, 3.8) is 0 Å². The van der Waals surface area contributed by atoms with E-state index in [-0.39, 0.29) is 36.7 Å². The van der Waals surface area contributed by atoms with Crippen molar-refractivity contribution in [1.29, 1.82) is 0 Å². The number of rotatable bonds is 7. The summed E-state index contributed by atoms with van der Waals surface area (Å²) in [7, 11) is 1.87. The van der Waals surface area contributed by atoms with Gasteiger partial charge in [-0.05, 0) is 25.3 Å². The Bertz CT molecular complexity index is 547. The van der Waals surface area contributed by atoms with Crippen molar-refractivity contribution in [2.24, 2.45) is 7.05 Å². The Kier molecular flexibility index (Phi) is 7.95. The molecule has 6 heteroatoms. The van der Waals surface area contributed by atoms with E-state index in [1.165, 1.54) is 32.1 Å². The molecule has 2 N–H and O–H groups in total. The predicted octanol–water partition coefficient (Wildman–Crippen LogP) is 3.00. The third-order valence-corrected chi connectivity index (χ3v) is 5.01. The molecular formula is C19H32N4O2. The summed E-state index contributed by atoms with van der Waals surface area (Å²) in [5, 5.41) is 10.3. The monoisotopic (exact) mass is 348 g/mol. The van der Waals surface area contributed by atoms with Crippen molar-refractivity contribution in [3.05, 3.63) is 18.0 Å². The normalized spacial score (nSPS) is 17.4. The molecule has 2 rings (SSSR count). The molecule has 1 aliphatic carbocycles. The van der Waals surface area contributed by atoms with Crippen molar-refractivity contribution < 1.29 is 9.59 Å². The van der Waals surface area contributed by atoms with E-state index in [1.807, 2.05) is 20.0 Å². The van der Waals surface area contributed by atoms with Crippen LogP contribution in [0.15, 0.2) is 12.3 Å². The molecule has 0 saturated heterocycles. The lowest BCUT2D eigenvalue weighted by atomic mass is 9.96. The topological polar surface area (TPSA) is 76.0 Å². The van der Waals surface area contributed by atoms with Crippen LogP contribution in [0.4, 0.5) is 0 Å². The molecule has 1 atom stereocenters. The van der Waals surface area contributed by atoms with Gasteiger partial charge in [-0.3, -0.25) is 14.3 Å². The van der Waals surface area contributed by atoms with E-state index in [4.69, 9.17) is 0 Å². The van der Waals surface area contributed by atoms with Gasteiger partial charge in [0.05, 0.1) is 11.7 Å². The van der Waals surface area contributed by atoms with Gasteiger partial charge in [0, 0.05) is 32.1 Å². The van der Waals surface area contributed by atoms with Crippen LogP contribution < -0.4 is 10.6 Å². The summed E-state index contributed by atoms with van der Waals surface area (Å²) in [4.78, 5) is 24.3. The van der Waals surface area contributed by atoms with E-state index >= 15 is 0 Å². The number of hydrogen-bond donors (Lipinski definition) is 2. The number of aryl methyl sites for hydroxylation is 1. The molecule has 2 amide bonds. The number of nitrogens with one attached hydrogen (secondary N) is 2. The number of amides is 2. The number of aromatic nitrogens is 2. The molecule has 0 radical (unpaired) electrons. The molecule has 1 aliphatic rings. The number of carbonyl (C=O) groups is 2. The van der Waals surface area contributed by atoms with Crippen LogP contribution in [0, 0.1) is 0 Å². The second kappa shape index (κ2) is 10.2. The second-order valence-corrected chi connectivity index (χ2v) is 7.02. The zero-order valence-electron chi connectivity index (χ0n) is 15.6. The third kappa shape index (κ3) is 6.52. The summed E-state index contributed by atoms with van der Waals surface area (Å²) in [6.07, 6.45) is 11.4. The summed E-state index contributed by atoms with van der Waals surface area (Å²) in [6, 6.07) is 2.14. The van der Waals surface area contributed by atoms with Gasteiger partial charge in [0.2, 0.25) is 11.8 Å². The Labute approximate surface area is 150 Å². The lowest BCUT2D eigenvalue weighted by Gasteiger charge is -2.21. The molecule has 25 heavy (non-hydrogen) atoms. The average Bonchev–Trinajstić information content (AvgIpc) is 2.99. The molecule has 1 aromatic rings. The van der Waals surface area contributed by atoms with Gasteiger partial charge < -0.3 is 10.6 Å². The van der Waals surface area contributed by atoms with Gasteiger partial charge in [0.1, 0.15) is 0 Å². The van der Waals surface area contributed by atoms with E-state index in [2.05, 4.69) is 15.7 Å². The summed E-state index contributed by atoms with van der Waals surface area (Å²) < 4.78 is 1.77. The number of carbonyl (C=O) groups excluding carboxylic acids is 2. The third-order valence-electron chi connectivity index (χ3n) is 5.01. The zero-order chi connectivity index (χ0) is 18.1. The highest BCUT2D eigenvalue weighted by atomic mass is 16.2. The van der Waals surface area contributed by atoms with Crippen LogP contribution in [0.1, 0.15) is 82.9 Å². The Morgan fingerprint density at radius 1 is 1.16 bits per heavy atom. The van der Waals surface area contributed by atoms with Gasteiger partial charge >= 0.3 is 0 Å². The maximum absolute atomic E-state index is 12.2. The minimum absolute atomic E-state index is 0.00527. The summed E-state index contributed by atoms with van der Waals surface area (Å²) in [5.74, 6) is -0.0878. The Morgan fingerprint density at radius 3 is 2.40 bits per heavy atom. The fourth-order valence-corrected chi connectivity index (χ4v) is 3.50. The molecule has 0 spiro atoms. The first kappa shape index (κ1) is 19.5. The van der Waals surface area contributed by atoms with Crippen LogP contribution in [-0.2, 0) is 16.6 Å². The van der Waals surface area contributed by atoms with E-state index in [9.17, 15) is 9.59 Å². The SMILES string of the molecule is CCC(NC(=O)CCC(=O)NC1CCCCCCC1)c1ccnn1C. The average molecular weight is 348 g/mol. The van der Waals surface area contributed by atoms with Gasteiger partial charge in [0.15, 0.2) is 0 Å². The summed E-state index contributed by atoms with van der Waals surface area (Å²) >= 11 is 0. The molecule has 0 aliphatic heterocycles. The van der Waals surface area contributed by atoms with Gasteiger partial charge in [-0.2, -0.15) is 5.10 Å². The van der Waals surface area contributed by atoms with Crippen molar-refractivity contribution in [2.45, 2.75) is 83.2 Å². The van der Waals surface area contributed by atoms with Crippen molar-refractivity contribution in [2.75, 3.05) is 0 Å². The fourth-order valence-electron chi connectivity index (χ4n) is 3.50. The molecule has 1 fully saturated rings. The van der Waals surface area contributed by atoms with Gasteiger partial charge in [-0.25, -0.2) is 0 Å². The Hall–Kier alpha value is -1.85. The van der Waals surface area contributed by atoms with Crippen molar-refractivity contribution in [3.8, 4) is 0 Å². The van der Waals surface area contributed by atoms with E-state index < -0.39 is 0 Å². The largest absolute Gasteiger partial charge is 0.353 e. The van der Waals surface area contributed by atoms with E-state index in [0.717, 1.165) is 25.0 Å². The standard InChI is InChI=1S/C19H32N4O2/c1-3-16(17-13-14-20-23(17)2)22-19(25)12-11-18(24)21-15-9-7-5-4-6-8-10-15/h13-16H,3-12H2,1-2H3,(H,21,24)(H,22,25).